The molecule has 0 spiro atoms. The van der Waals surface area contributed by atoms with E-state index in [2.05, 4.69) is 0 Å². The van der Waals surface area contributed by atoms with Crippen LogP contribution in [0.25, 0.3) is 21.9 Å². The minimum Gasteiger partial charge on any atom is -0.504 e. The van der Waals surface area contributed by atoms with Crippen LogP contribution in [0.5, 0.6) is 40.2 Å². The largest absolute Gasteiger partial charge is 0.504 e. The highest BCUT2D eigenvalue weighted by molar-refractivity contribution is 6.02. The Hall–Kier alpha value is -3.49. The van der Waals surface area contributed by atoms with E-state index in [0.29, 0.717) is 0 Å². The third-order valence-corrected chi connectivity index (χ3v) is 3.98. The lowest BCUT2D eigenvalue weighted by Gasteiger charge is -2.16. The Bertz CT molecular complexity index is 1080. The molecule has 2 aromatic carbocycles. The van der Waals surface area contributed by atoms with Crippen molar-refractivity contribution in [3.05, 3.63) is 16.3 Å². The van der Waals surface area contributed by atoms with Gasteiger partial charge in [-0.05, 0) is 0 Å². The summed E-state index contributed by atoms with van der Waals surface area (Å²) < 4.78 is 26.1. The van der Waals surface area contributed by atoms with E-state index in [1.807, 2.05) is 0 Å². The van der Waals surface area contributed by atoms with E-state index < -0.39 is 22.7 Å². The smallest absolute Gasteiger partial charge is 0.211 e. The number of hydrogen-bond acceptors (Lipinski definition) is 9. The van der Waals surface area contributed by atoms with Crippen LogP contribution in [0, 0.1) is 0 Å². The molecule has 1 heterocycles. The summed E-state index contributed by atoms with van der Waals surface area (Å²) in [5.74, 6) is -1.99. The molecule has 9 heteroatoms. The second kappa shape index (κ2) is 6.10. The number of rotatable bonds is 4. The molecule has 1 aromatic heterocycles. The maximum absolute atomic E-state index is 13.0. The van der Waals surface area contributed by atoms with Gasteiger partial charge in [-0.15, -0.1) is 0 Å². The maximum Gasteiger partial charge on any atom is 0.211 e. The fourth-order valence-corrected chi connectivity index (χ4v) is 2.87. The van der Waals surface area contributed by atoms with Crippen molar-refractivity contribution in [3.8, 4) is 40.2 Å². The van der Waals surface area contributed by atoms with Crippen LogP contribution < -0.4 is 24.4 Å². The van der Waals surface area contributed by atoms with Gasteiger partial charge in [0, 0.05) is 6.07 Å². The van der Waals surface area contributed by atoms with E-state index in [1.54, 1.807) is 0 Å². The van der Waals surface area contributed by atoms with E-state index in [4.69, 9.17) is 23.4 Å². The third kappa shape index (κ3) is 2.13. The number of methoxy groups -OCH3 is 4. The predicted molar refractivity (Wildman–Crippen MR) is 91.2 cm³/mol. The monoisotopic (exact) mass is 364 g/mol. The first-order valence-electron chi connectivity index (χ1n) is 7.31. The maximum atomic E-state index is 13.0. The van der Waals surface area contributed by atoms with Crippen molar-refractivity contribution in [2.75, 3.05) is 28.4 Å². The number of aromatic hydroxyl groups is 3. The van der Waals surface area contributed by atoms with Gasteiger partial charge in [0.1, 0.15) is 16.4 Å². The Kier molecular flexibility index (Phi) is 4.07. The van der Waals surface area contributed by atoms with Gasteiger partial charge in [0.15, 0.2) is 22.8 Å². The van der Waals surface area contributed by atoms with Crippen LogP contribution >= 0.6 is 0 Å². The van der Waals surface area contributed by atoms with Gasteiger partial charge >= 0.3 is 0 Å². The van der Waals surface area contributed by atoms with Gasteiger partial charge in [0.05, 0.1) is 28.4 Å². The molecule has 0 aliphatic carbocycles. The molecular weight excluding hydrogens is 348 g/mol. The van der Waals surface area contributed by atoms with Crippen LogP contribution in [0.1, 0.15) is 0 Å². The first-order valence-corrected chi connectivity index (χ1v) is 7.31. The first-order chi connectivity index (χ1) is 12.4. The van der Waals surface area contributed by atoms with Crippen molar-refractivity contribution in [1.29, 1.82) is 0 Å². The number of hydrogen-bond donors (Lipinski definition) is 3. The summed E-state index contributed by atoms with van der Waals surface area (Å²) in [6.07, 6.45) is 0. The van der Waals surface area contributed by atoms with E-state index in [1.165, 1.54) is 28.4 Å². The summed E-state index contributed by atoms with van der Waals surface area (Å²) in [6.45, 7) is 0. The zero-order chi connectivity index (χ0) is 19.2. The van der Waals surface area contributed by atoms with Gasteiger partial charge in [-0.25, -0.2) is 0 Å². The molecule has 0 aliphatic heterocycles. The number of fused-ring (bicyclic) bond motifs is 2. The highest BCUT2D eigenvalue weighted by Crippen LogP contribution is 2.51. The molecule has 0 bridgehead atoms. The number of phenols is 3. The summed E-state index contributed by atoms with van der Waals surface area (Å²) >= 11 is 0. The van der Waals surface area contributed by atoms with Crippen molar-refractivity contribution < 1.29 is 38.7 Å². The number of ether oxygens (including phenoxy) is 4. The quantitative estimate of drug-likeness (QED) is 0.596. The topological polar surface area (TPSA) is 128 Å². The van der Waals surface area contributed by atoms with E-state index in [9.17, 15) is 20.1 Å². The summed E-state index contributed by atoms with van der Waals surface area (Å²) in [5, 5.41) is 30.2. The summed E-state index contributed by atoms with van der Waals surface area (Å²) in [6, 6.07) is 1.11. The molecule has 0 unspecified atom stereocenters. The molecule has 3 N–H and O–H groups in total. The highest BCUT2D eigenvalue weighted by atomic mass is 16.5. The summed E-state index contributed by atoms with van der Waals surface area (Å²) in [5.41, 5.74) is -1.04. The van der Waals surface area contributed by atoms with Crippen molar-refractivity contribution in [2.45, 2.75) is 0 Å². The molecule has 0 atom stereocenters. The molecule has 0 aliphatic rings. The van der Waals surface area contributed by atoms with Crippen molar-refractivity contribution >= 4 is 21.9 Å². The average molecular weight is 364 g/mol. The van der Waals surface area contributed by atoms with Gasteiger partial charge in [-0.1, -0.05) is 0 Å². The lowest BCUT2D eigenvalue weighted by Crippen LogP contribution is -2.06. The van der Waals surface area contributed by atoms with Gasteiger partial charge in [0.2, 0.25) is 28.4 Å². The SMILES string of the molecule is COc1c(OC)c(O)c2c(=O)c3c(O)c(OC)c(O)cc3oc2c1OC. The first kappa shape index (κ1) is 17.3. The lowest BCUT2D eigenvalue weighted by atomic mass is 10.1. The standard InChI is InChI=1S/C17H16O9/c1-22-13-6(18)5-7-8(11(13)20)10(19)9-12(21)15(23-2)17(25-4)16(24-3)14(9)26-7/h5,18,20-21H,1-4H3. The zero-order valence-corrected chi connectivity index (χ0v) is 14.4. The minimum atomic E-state index is -0.770. The van der Waals surface area contributed by atoms with Crippen LogP contribution in [-0.4, -0.2) is 43.8 Å². The molecule has 3 aromatic rings. The average Bonchev–Trinajstić information content (AvgIpc) is 2.60. The lowest BCUT2D eigenvalue weighted by molar-refractivity contribution is 0.311. The van der Waals surface area contributed by atoms with Crippen LogP contribution in [-0.2, 0) is 0 Å². The third-order valence-electron chi connectivity index (χ3n) is 3.98. The van der Waals surface area contributed by atoms with Gasteiger partial charge in [-0.3, -0.25) is 4.79 Å². The van der Waals surface area contributed by atoms with Crippen LogP contribution in [0.4, 0.5) is 0 Å². The molecule has 0 saturated heterocycles. The fraction of sp³-hybridized carbons (Fsp3) is 0.235. The molecule has 0 amide bonds. The summed E-state index contributed by atoms with van der Waals surface area (Å²) in [7, 11) is 5.15. The molecule has 0 fully saturated rings. The Morgan fingerprint density at radius 1 is 0.769 bits per heavy atom. The van der Waals surface area contributed by atoms with Gasteiger partial charge in [-0.2, -0.15) is 0 Å². The Balaban J connectivity index is 2.65. The van der Waals surface area contributed by atoms with E-state index in [-0.39, 0.29) is 44.9 Å². The van der Waals surface area contributed by atoms with Crippen molar-refractivity contribution in [3.63, 3.8) is 0 Å². The van der Waals surface area contributed by atoms with Gasteiger partial charge < -0.3 is 38.7 Å². The highest BCUT2D eigenvalue weighted by Gasteiger charge is 2.28. The van der Waals surface area contributed by atoms with Crippen molar-refractivity contribution in [1.82, 2.24) is 0 Å². The Morgan fingerprint density at radius 2 is 1.31 bits per heavy atom. The van der Waals surface area contributed by atoms with Crippen LogP contribution in [0.15, 0.2) is 15.3 Å². The minimum absolute atomic E-state index is 0.00551. The van der Waals surface area contributed by atoms with Crippen LogP contribution in [0.2, 0.25) is 0 Å². The molecular formula is C17H16O9. The molecule has 9 nitrogen and oxygen atoms in total. The molecule has 3 rings (SSSR count). The summed E-state index contributed by atoms with van der Waals surface area (Å²) in [4.78, 5) is 13.0. The van der Waals surface area contributed by atoms with Crippen molar-refractivity contribution in [2.24, 2.45) is 0 Å². The molecule has 138 valence electrons. The second-order valence-electron chi connectivity index (χ2n) is 5.23. The van der Waals surface area contributed by atoms with E-state index in [0.717, 1.165) is 6.07 Å². The van der Waals surface area contributed by atoms with Crippen LogP contribution in [0.3, 0.4) is 0 Å². The van der Waals surface area contributed by atoms with E-state index >= 15 is 0 Å². The molecule has 0 radical (unpaired) electrons. The normalized spacial score (nSPS) is 10.9. The zero-order valence-electron chi connectivity index (χ0n) is 14.4. The van der Waals surface area contributed by atoms with Gasteiger partial charge in [0.25, 0.3) is 0 Å². The Labute approximate surface area is 146 Å². The number of benzene rings is 2. The second-order valence-corrected chi connectivity index (χ2v) is 5.23. The predicted octanol–water partition coefficient (Wildman–Crippen LogP) is 2.10. The Morgan fingerprint density at radius 3 is 1.85 bits per heavy atom. The number of phenolic OH excluding ortho intramolecular Hbond substituents is 3. The molecule has 0 saturated carbocycles. The fourth-order valence-electron chi connectivity index (χ4n) is 2.87. The molecule has 26 heavy (non-hydrogen) atoms.